The second-order valence-corrected chi connectivity index (χ2v) is 6.14. The number of hydrogen-bond acceptors (Lipinski definition) is 3. The van der Waals surface area contributed by atoms with Crippen LogP contribution in [0.2, 0.25) is 0 Å². The van der Waals surface area contributed by atoms with E-state index >= 15 is 0 Å². The summed E-state index contributed by atoms with van der Waals surface area (Å²) in [6.45, 7) is 8.50. The molecular formula is C18H22N4O. The van der Waals surface area contributed by atoms with Crippen LogP contribution < -0.4 is 5.32 Å². The number of nitrogens with zero attached hydrogens (tertiary/aromatic N) is 3. The summed E-state index contributed by atoms with van der Waals surface area (Å²) in [7, 11) is 1.91. The highest BCUT2D eigenvalue weighted by Gasteiger charge is 2.34. The lowest BCUT2D eigenvalue weighted by Gasteiger charge is -2.37. The van der Waals surface area contributed by atoms with Crippen LogP contribution in [0.1, 0.15) is 47.5 Å². The summed E-state index contributed by atoms with van der Waals surface area (Å²) in [5, 5.41) is 8.06. The van der Waals surface area contributed by atoms with E-state index in [1.54, 1.807) is 11.0 Å². The highest BCUT2D eigenvalue weighted by molar-refractivity contribution is 6.01. The lowest BCUT2D eigenvalue weighted by Crippen LogP contribution is -2.43. The molecule has 0 aliphatic carbocycles. The van der Waals surface area contributed by atoms with Gasteiger partial charge in [-0.05, 0) is 18.1 Å². The first-order chi connectivity index (χ1) is 11.0. The third-order valence-electron chi connectivity index (χ3n) is 4.08. The molecule has 5 heteroatoms. The molecule has 1 atom stereocenters. The predicted molar refractivity (Wildman–Crippen MR) is 91.3 cm³/mol. The van der Waals surface area contributed by atoms with E-state index in [0.29, 0.717) is 12.1 Å². The van der Waals surface area contributed by atoms with E-state index < -0.39 is 0 Å². The molecule has 0 saturated carbocycles. The van der Waals surface area contributed by atoms with Gasteiger partial charge in [0.15, 0.2) is 0 Å². The second kappa shape index (κ2) is 5.91. The summed E-state index contributed by atoms with van der Waals surface area (Å²) in [5.74, 6) is 0.300. The standard InChI is InChI=1S/C18H22N4O/c1-5-10-22-17(14-11-21(4)20-16(14)12(2)3)19-15-9-7-6-8-13(15)18(22)23/h5-9,11-12,17,19H,1,10H2,2-4H3. The molecule has 0 saturated heterocycles. The molecule has 2 heterocycles. The van der Waals surface area contributed by atoms with Crippen LogP contribution >= 0.6 is 0 Å². The Hall–Kier alpha value is -2.56. The maximum atomic E-state index is 12.9. The average Bonchev–Trinajstić information content (AvgIpc) is 2.92. The number of hydrogen-bond donors (Lipinski definition) is 1. The highest BCUT2D eigenvalue weighted by Crippen LogP contribution is 2.35. The molecule has 0 fully saturated rings. The van der Waals surface area contributed by atoms with Crippen LogP contribution in [0.4, 0.5) is 5.69 Å². The molecule has 1 aliphatic rings. The van der Waals surface area contributed by atoms with Gasteiger partial charge in [0.25, 0.3) is 5.91 Å². The van der Waals surface area contributed by atoms with Crippen molar-refractivity contribution in [3.63, 3.8) is 0 Å². The quantitative estimate of drug-likeness (QED) is 0.882. The Morgan fingerprint density at radius 2 is 2.13 bits per heavy atom. The average molecular weight is 310 g/mol. The van der Waals surface area contributed by atoms with Crippen molar-refractivity contribution in [3.8, 4) is 0 Å². The molecule has 1 aromatic carbocycles. The van der Waals surface area contributed by atoms with Gasteiger partial charge in [0.05, 0.1) is 11.3 Å². The molecule has 0 bridgehead atoms. The van der Waals surface area contributed by atoms with Crippen LogP contribution in [-0.4, -0.2) is 27.1 Å². The third kappa shape index (κ3) is 2.63. The zero-order chi connectivity index (χ0) is 16.6. The number of amides is 1. The fourth-order valence-corrected chi connectivity index (χ4v) is 3.05. The number of carbonyl (C=O) groups is 1. The molecule has 1 aliphatic heterocycles. The number of rotatable bonds is 4. The fraction of sp³-hybridized carbons (Fsp3) is 0.333. The molecule has 3 rings (SSSR count). The van der Waals surface area contributed by atoms with Crippen LogP contribution in [0.25, 0.3) is 0 Å². The number of anilines is 1. The monoisotopic (exact) mass is 310 g/mol. The summed E-state index contributed by atoms with van der Waals surface area (Å²) >= 11 is 0. The van der Waals surface area contributed by atoms with Gasteiger partial charge in [-0.25, -0.2) is 0 Å². The Labute approximate surface area is 136 Å². The van der Waals surface area contributed by atoms with Crippen LogP contribution in [-0.2, 0) is 7.05 Å². The van der Waals surface area contributed by atoms with Gasteiger partial charge in [0.2, 0.25) is 0 Å². The molecule has 0 spiro atoms. The van der Waals surface area contributed by atoms with Crippen molar-refractivity contribution in [2.45, 2.75) is 25.9 Å². The van der Waals surface area contributed by atoms with Gasteiger partial charge in [-0.1, -0.05) is 32.1 Å². The van der Waals surface area contributed by atoms with Gasteiger partial charge >= 0.3 is 0 Å². The van der Waals surface area contributed by atoms with Crippen molar-refractivity contribution in [1.29, 1.82) is 0 Å². The number of aromatic nitrogens is 2. The largest absolute Gasteiger partial charge is 0.361 e. The van der Waals surface area contributed by atoms with Crippen molar-refractivity contribution in [2.75, 3.05) is 11.9 Å². The first kappa shape index (κ1) is 15.3. The summed E-state index contributed by atoms with van der Waals surface area (Å²) in [6.07, 6.45) is 3.51. The number of benzene rings is 1. The van der Waals surface area contributed by atoms with E-state index in [2.05, 4.69) is 30.8 Å². The summed E-state index contributed by atoms with van der Waals surface area (Å²) < 4.78 is 1.81. The Kier molecular flexibility index (Phi) is 3.94. The Balaban J connectivity index is 2.10. The van der Waals surface area contributed by atoms with Gasteiger partial charge in [0.1, 0.15) is 6.17 Å². The molecule has 120 valence electrons. The molecule has 1 unspecified atom stereocenters. The minimum Gasteiger partial charge on any atom is -0.361 e. The predicted octanol–water partition coefficient (Wildman–Crippen LogP) is 3.30. The van der Waals surface area contributed by atoms with Gasteiger partial charge in [-0.15, -0.1) is 6.58 Å². The number of para-hydroxylation sites is 1. The van der Waals surface area contributed by atoms with Crippen LogP contribution in [0.15, 0.2) is 43.1 Å². The van der Waals surface area contributed by atoms with Crippen molar-refractivity contribution >= 4 is 11.6 Å². The second-order valence-electron chi connectivity index (χ2n) is 6.14. The number of aryl methyl sites for hydroxylation is 1. The zero-order valence-electron chi connectivity index (χ0n) is 13.8. The normalized spacial score (nSPS) is 17.1. The van der Waals surface area contributed by atoms with E-state index in [1.165, 1.54) is 0 Å². The maximum absolute atomic E-state index is 12.9. The first-order valence-corrected chi connectivity index (χ1v) is 7.83. The molecule has 0 radical (unpaired) electrons. The molecule has 1 aromatic heterocycles. The number of carbonyl (C=O) groups excluding carboxylic acids is 1. The summed E-state index contributed by atoms with van der Waals surface area (Å²) in [6, 6.07) is 7.61. The van der Waals surface area contributed by atoms with Gasteiger partial charge in [0, 0.05) is 31.0 Å². The smallest absolute Gasteiger partial charge is 0.258 e. The van der Waals surface area contributed by atoms with Gasteiger partial charge in [-0.3, -0.25) is 9.48 Å². The topological polar surface area (TPSA) is 50.2 Å². The van der Waals surface area contributed by atoms with E-state index in [0.717, 1.165) is 16.9 Å². The zero-order valence-corrected chi connectivity index (χ0v) is 13.8. The third-order valence-corrected chi connectivity index (χ3v) is 4.08. The molecular weight excluding hydrogens is 288 g/mol. The lowest BCUT2D eigenvalue weighted by molar-refractivity contribution is 0.0706. The van der Waals surface area contributed by atoms with Crippen LogP contribution in [0.3, 0.4) is 0 Å². The van der Waals surface area contributed by atoms with Crippen molar-refractivity contribution < 1.29 is 4.79 Å². The minimum atomic E-state index is -0.235. The summed E-state index contributed by atoms with van der Waals surface area (Å²) in [5.41, 5.74) is 3.60. The Morgan fingerprint density at radius 1 is 1.39 bits per heavy atom. The minimum absolute atomic E-state index is 0.0165. The van der Waals surface area contributed by atoms with Crippen molar-refractivity contribution in [1.82, 2.24) is 14.7 Å². The SMILES string of the molecule is C=CCN1C(=O)c2ccccc2NC1c1cn(C)nc1C(C)C. The Bertz CT molecular complexity index is 747. The fourth-order valence-electron chi connectivity index (χ4n) is 3.05. The molecule has 5 nitrogen and oxygen atoms in total. The van der Waals surface area contributed by atoms with E-state index in [9.17, 15) is 4.79 Å². The molecule has 23 heavy (non-hydrogen) atoms. The molecule has 2 aromatic rings. The number of nitrogens with one attached hydrogen (secondary N) is 1. The van der Waals surface area contributed by atoms with Crippen molar-refractivity contribution in [2.24, 2.45) is 7.05 Å². The van der Waals surface area contributed by atoms with E-state index in [1.807, 2.05) is 42.2 Å². The lowest BCUT2D eigenvalue weighted by atomic mass is 10.00. The highest BCUT2D eigenvalue weighted by atomic mass is 16.2. The molecule has 1 amide bonds. The van der Waals surface area contributed by atoms with E-state index in [-0.39, 0.29) is 18.0 Å². The van der Waals surface area contributed by atoms with E-state index in [4.69, 9.17) is 0 Å². The van der Waals surface area contributed by atoms with Crippen molar-refractivity contribution in [3.05, 3.63) is 59.9 Å². The number of fused-ring (bicyclic) bond motifs is 1. The van der Waals surface area contributed by atoms with Crippen LogP contribution in [0, 0.1) is 0 Å². The first-order valence-electron chi connectivity index (χ1n) is 7.83. The maximum Gasteiger partial charge on any atom is 0.258 e. The van der Waals surface area contributed by atoms with Gasteiger partial charge in [-0.2, -0.15) is 5.10 Å². The Morgan fingerprint density at radius 3 is 2.83 bits per heavy atom. The summed E-state index contributed by atoms with van der Waals surface area (Å²) in [4.78, 5) is 14.7. The van der Waals surface area contributed by atoms with Gasteiger partial charge < -0.3 is 10.2 Å². The molecule has 1 N–H and O–H groups in total. The van der Waals surface area contributed by atoms with Crippen LogP contribution in [0.5, 0.6) is 0 Å².